The number of aryl methyl sites for hydroxylation is 1. The first-order valence-electron chi connectivity index (χ1n) is 9.29. The highest BCUT2D eigenvalue weighted by molar-refractivity contribution is 7.98. The van der Waals surface area contributed by atoms with Crippen molar-refractivity contribution in [3.05, 3.63) is 54.0 Å². The molecule has 1 amide bonds. The molecule has 1 aromatic carbocycles. The minimum absolute atomic E-state index is 0.125. The molecule has 9 heteroatoms. The third-order valence-electron chi connectivity index (χ3n) is 4.31. The lowest BCUT2D eigenvalue weighted by Crippen LogP contribution is -2.48. The number of thioether (sulfide) groups is 1. The van der Waals surface area contributed by atoms with Crippen LogP contribution in [0.3, 0.4) is 0 Å². The fourth-order valence-corrected chi connectivity index (χ4v) is 4.49. The van der Waals surface area contributed by atoms with Crippen molar-refractivity contribution in [1.29, 1.82) is 0 Å². The smallest absolute Gasteiger partial charge is 0.241 e. The number of benzene rings is 1. The van der Waals surface area contributed by atoms with Crippen molar-refractivity contribution in [3.63, 3.8) is 0 Å². The van der Waals surface area contributed by atoms with Crippen LogP contribution in [0.1, 0.15) is 30.4 Å². The summed E-state index contributed by atoms with van der Waals surface area (Å²) in [5, 5.41) is 2.92. The number of rotatable bonds is 12. The summed E-state index contributed by atoms with van der Waals surface area (Å²) in [5.41, 5.74) is 0. The van der Waals surface area contributed by atoms with Crippen molar-refractivity contribution in [3.8, 4) is 0 Å². The third kappa shape index (κ3) is 7.18. The molecule has 0 fully saturated rings. The van der Waals surface area contributed by atoms with Crippen molar-refractivity contribution in [2.45, 2.75) is 36.7 Å². The highest BCUT2D eigenvalue weighted by Gasteiger charge is 2.28. The van der Waals surface area contributed by atoms with E-state index in [1.807, 2.05) is 19.2 Å². The van der Waals surface area contributed by atoms with Crippen molar-refractivity contribution in [2.24, 2.45) is 0 Å². The monoisotopic (exact) mass is 440 g/mol. The molecule has 2 atom stereocenters. The van der Waals surface area contributed by atoms with E-state index in [4.69, 9.17) is 9.15 Å². The highest BCUT2D eigenvalue weighted by atomic mass is 32.2. The van der Waals surface area contributed by atoms with Gasteiger partial charge in [0, 0.05) is 13.7 Å². The van der Waals surface area contributed by atoms with Crippen LogP contribution in [0.4, 0.5) is 0 Å². The van der Waals surface area contributed by atoms with Crippen LogP contribution >= 0.6 is 11.8 Å². The average Bonchev–Trinajstić information content (AvgIpc) is 3.15. The summed E-state index contributed by atoms with van der Waals surface area (Å²) < 4.78 is 38.8. The van der Waals surface area contributed by atoms with Gasteiger partial charge in [0.1, 0.15) is 17.6 Å². The molecule has 1 aromatic heterocycles. The van der Waals surface area contributed by atoms with Gasteiger partial charge in [-0.25, -0.2) is 8.42 Å². The number of hydrogen-bond acceptors (Lipinski definition) is 6. The molecule has 0 aliphatic rings. The van der Waals surface area contributed by atoms with Crippen molar-refractivity contribution >= 4 is 27.7 Å². The number of amides is 1. The number of nitrogens with one attached hydrogen (secondary N) is 2. The zero-order chi connectivity index (χ0) is 21.3. The van der Waals surface area contributed by atoms with Crippen molar-refractivity contribution < 1.29 is 22.4 Å². The molecule has 2 N–H and O–H groups in total. The van der Waals surface area contributed by atoms with E-state index in [-0.39, 0.29) is 4.90 Å². The lowest BCUT2D eigenvalue weighted by atomic mass is 10.1. The van der Waals surface area contributed by atoms with E-state index in [1.165, 1.54) is 12.1 Å². The summed E-state index contributed by atoms with van der Waals surface area (Å²) in [6.45, 7) is 2.25. The van der Waals surface area contributed by atoms with Crippen LogP contribution in [-0.2, 0) is 19.6 Å². The predicted octanol–water partition coefficient (Wildman–Crippen LogP) is 2.88. The van der Waals surface area contributed by atoms with Crippen LogP contribution in [-0.4, -0.2) is 46.1 Å². The molecule has 0 saturated carbocycles. The summed E-state index contributed by atoms with van der Waals surface area (Å²) in [7, 11) is -2.23. The summed E-state index contributed by atoms with van der Waals surface area (Å²) in [5.74, 6) is 1.59. The molecule has 1 heterocycles. The second kappa shape index (κ2) is 11.4. The first kappa shape index (κ1) is 23.5. The van der Waals surface area contributed by atoms with Crippen molar-refractivity contribution in [1.82, 2.24) is 10.0 Å². The van der Waals surface area contributed by atoms with E-state index in [0.717, 1.165) is 5.76 Å². The van der Waals surface area contributed by atoms with Crippen LogP contribution in [0.15, 0.2) is 51.8 Å². The fourth-order valence-electron chi connectivity index (χ4n) is 2.77. The van der Waals surface area contributed by atoms with Crippen LogP contribution < -0.4 is 10.0 Å². The number of carbonyl (C=O) groups is 1. The lowest BCUT2D eigenvalue weighted by molar-refractivity contribution is -0.123. The zero-order valence-electron chi connectivity index (χ0n) is 16.9. The number of ether oxygens (including phenoxy) is 1. The molecule has 0 spiro atoms. The maximum absolute atomic E-state index is 13.0. The topological polar surface area (TPSA) is 97.6 Å². The normalized spacial score (nSPS) is 13.8. The van der Waals surface area contributed by atoms with E-state index < -0.39 is 28.0 Å². The Kier molecular flexibility index (Phi) is 9.22. The summed E-state index contributed by atoms with van der Waals surface area (Å²) in [6.07, 6.45) is 2.79. The van der Waals surface area contributed by atoms with Gasteiger partial charge in [-0.05, 0) is 56.0 Å². The first-order chi connectivity index (χ1) is 13.9. The van der Waals surface area contributed by atoms with Crippen LogP contribution in [0.5, 0.6) is 0 Å². The van der Waals surface area contributed by atoms with E-state index >= 15 is 0 Å². The third-order valence-corrected chi connectivity index (χ3v) is 6.44. The number of furan rings is 1. The number of sulfonamides is 1. The first-order valence-corrected chi connectivity index (χ1v) is 12.2. The molecule has 0 aliphatic heterocycles. The average molecular weight is 441 g/mol. The van der Waals surface area contributed by atoms with Gasteiger partial charge in [0.05, 0.1) is 10.9 Å². The molecule has 7 nitrogen and oxygen atoms in total. The zero-order valence-corrected chi connectivity index (χ0v) is 18.5. The van der Waals surface area contributed by atoms with Crippen molar-refractivity contribution in [2.75, 3.05) is 25.7 Å². The minimum Gasteiger partial charge on any atom is -0.464 e. The van der Waals surface area contributed by atoms with Crippen LogP contribution in [0.25, 0.3) is 0 Å². The largest absolute Gasteiger partial charge is 0.464 e. The Balaban J connectivity index is 2.17. The Morgan fingerprint density at radius 1 is 1.17 bits per heavy atom. The molecule has 29 heavy (non-hydrogen) atoms. The van der Waals surface area contributed by atoms with Gasteiger partial charge in [-0.2, -0.15) is 16.5 Å². The second-order valence-corrected chi connectivity index (χ2v) is 9.26. The van der Waals surface area contributed by atoms with Gasteiger partial charge in [-0.15, -0.1) is 0 Å². The fraction of sp³-hybridized carbons (Fsp3) is 0.450. The molecule has 160 valence electrons. The highest BCUT2D eigenvalue weighted by Crippen LogP contribution is 2.20. The van der Waals surface area contributed by atoms with E-state index in [1.54, 1.807) is 43.1 Å². The Bertz CT molecular complexity index is 868. The van der Waals surface area contributed by atoms with E-state index in [0.29, 0.717) is 31.0 Å². The molecule has 0 unspecified atom stereocenters. The number of methoxy groups -OCH3 is 1. The number of hydrogen-bond donors (Lipinski definition) is 2. The molecule has 0 aliphatic carbocycles. The molecular weight excluding hydrogens is 412 g/mol. The predicted molar refractivity (Wildman–Crippen MR) is 114 cm³/mol. The van der Waals surface area contributed by atoms with Gasteiger partial charge in [-0.1, -0.05) is 18.2 Å². The van der Waals surface area contributed by atoms with Gasteiger partial charge in [0.25, 0.3) is 0 Å². The molecule has 0 radical (unpaired) electrons. The quantitative estimate of drug-likeness (QED) is 0.527. The summed E-state index contributed by atoms with van der Waals surface area (Å²) in [4.78, 5) is 13.1. The summed E-state index contributed by atoms with van der Waals surface area (Å²) >= 11 is 1.55. The van der Waals surface area contributed by atoms with Crippen LogP contribution in [0, 0.1) is 6.92 Å². The Morgan fingerprint density at radius 2 is 1.90 bits per heavy atom. The summed E-state index contributed by atoms with van der Waals surface area (Å²) in [6, 6.07) is 10.4. The Hall–Kier alpha value is -1.81. The van der Waals surface area contributed by atoms with Gasteiger partial charge in [-0.3, -0.25) is 4.79 Å². The van der Waals surface area contributed by atoms with E-state index in [2.05, 4.69) is 10.0 Å². The lowest BCUT2D eigenvalue weighted by Gasteiger charge is -2.22. The molecule has 2 aromatic rings. The maximum atomic E-state index is 13.0. The molecular formula is C20H28N2O5S2. The Labute approximate surface area is 176 Å². The minimum atomic E-state index is -3.82. The standard InChI is InChI=1S/C20H28N2O5S2/c1-15-9-10-19(27-15)17(11-13-26-2)21-20(23)18(12-14-28-3)22-29(24,25)16-7-5-4-6-8-16/h4-10,17-18,22H,11-14H2,1-3H3,(H,21,23)/t17-,18-/m0/s1. The Morgan fingerprint density at radius 3 is 2.48 bits per heavy atom. The maximum Gasteiger partial charge on any atom is 0.241 e. The van der Waals surface area contributed by atoms with Gasteiger partial charge in [0.2, 0.25) is 15.9 Å². The van der Waals surface area contributed by atoms with Gasteiger partial charge >= 0.3 is 0 Å². The second-order valence-electron chi connectivity index (χ2n) is 6.56. The van der Waals surface area contributed by atoms with E-state index in [9.17, 15) is 13.2 Å². The van der Waals surface area contributed by atoms with Gasteiger partial charge < -0.3 is 14.5 Å². The molecule has 2 rings (SSSR count). The van der Waals surface area contributed by atoms with Crippen LogP contribution in [0.2, 0.25) is 0 Å². The van der Waals surface area contributed by atoms with Gasteiger partial charge in [0.15, 0.2) is 0 Å². The molecule has 0 saturated heterocycles. The molecule has 0 bridgehead atoms. The SMILES string of the molecule is COCC[C@H](NC(=O)[C@H](CCSC)NS(=O)(=O)c1ccccc1)c1ccc(C)o1. The number of carbonyl (C=O) groups excluding carboxylic acids is 1.